The van der Waals surface area contributed by atoms with Gasteiger partial charge in [-0.3, -0.25) is 4.79 Å². The molecule has 0 unspecified atom stereocenters. The lowest BCUT2D eigenvalue weighted by molar-refractivity contribution is 0.102. The molecule has 0 spiro atoms. The monoisotopic (exact) mass is 375 g/mol. The number of imidazole rings is 1. The lowest BCUT2D eigenvalue weighted by atomic mass is 10.1. The van der Waals surface area contributed by atoms with Gasteiger partial charge in [0.1, 0.15) is 5.82 Å². The summed E-state index contributed by atoms with van der Waals surface area (Å²) in [6.45, 7) is 2.06. The molecular formula is C22H18ClN3O. The van der Waals surface area contributed by atoms with Gasteiger partial charge >= 0.3 is 0 Å². The van der Waals surface area contributed by atoms with Crippen LogP contribution in [0.5, 0.6) is 0 Å². The molecule has 0 bridgehead atoms. The second-order valence-corrected chi connectivity index (χ2v) is 6.92. The summed E-state index contributed by atoms with van der Waals surface area (Å²) >= 11 is 6.07. The van der Waals surface area contributed by atoms with Crippen molar-refractivity contribution >= 4 is 34.2 Å². The Hall–Kier alpha value is -3.11. The van der Waals surface area contributed by atoms with Crippen molar-refractivity contribution in [1.29, 1.82) is 0 Å². The van der Waals surface area contributed by atoms with E-state index in [9.17, 15) is 4.79 Å². The third kappa shape index (κ3) is 3.86. The highest BCUT2D eigenvalue weighted by Crippen LogP contribution is 2.19. The van der Waals surface area contributed by atoms with E-state index in [1.54, 1.807) is 24.3 Å². The van der Waals surface area contributed by atoms with Crippen molar-refractivity contribution < 1.29 is 4.79 Å². The largest absolute Gasteiger partial charge is 0.342 e. The van der Waals surface area contributed by atoms with Crippen molar-refractivity contribution in [3.8, 4) is 0 Å². The number of benzene rings is 3. The maximum atomic E-state index is 12.3. The Morgan fingerprint density at radius 3 is 2.63 bits per heavy atom. The van der Waals surface area contributed by atoms with Crippen molar-refractivity contribution in [1.82, 2.24) is 9.97 Å². The first kappa shape index (κ1) is 17.3. The molecule has 0 aliphatic rings. The summed E-state index contributed by atoms with van der Waals surface area (Å²) in [7, 11) is 0. The Labute approximate surface area is 162 Å². The quantitative estimate of drug-likeness (QED) is 0.504. The third-order valence-electron chi connectivity index (χ3n) is 4.39. The minimum atomic E-state index is -0.221. The van der Waals surface area contributed by atoms with Crippen molar-refractivity contribution in [3.63, 3.8) is 0 Å². The number of H-pyrrole nitrogens is 1. The molecule has 0 saturated heterocycles. The van der Waals surface area contributed by atoms with Gasteiger partial charge in [0.2, 0.25) is 0 Å². The molecule has 4 aromatic rings. The van der Waals surface area contributed by atoms with Gasteiger partial charge in [0.15, 0.2) is 0 Å². The molecule has 134 valence electrons. The Morgan fingerprint density at radius 1 is 1.07 bits per heavy atom. The van der Waals surface area contributed by atoms with Crippen LogP contribution in [0.1, 0.15) is 27.3 Å². The molecule has 27 heavy (non-hydrogen) atoms. The van der Waals surface area contributed by atoms with Crippen LogP contribution in [-0.4, -0.2) is 15.9 Å². The van der Waals surface area contributed by atoms with Gasteiger partial charge < -0.3 is 10.3 Å². The van der Waals surface area contributed by atoms with E-state index < -0.39 is 0 Å². The fraction of sp³-hybridized carbons (Fsp3) is 0.0909. The van der Waals surface area contributed by atoms with Gasteiger partial charge in [0.25, 0.3) is 5.91 Å². The van der Waals surface area contributed by atoms with E-state index in [1.807, 2.05) is 24.3 Å². The molecule has 4 nitrogen and oxygen atoms in total. The van der Waals surface area contributed by atoms with Crippen molar-refractivity contribution in [2.45, 2.75) is 13.3 Å². The first-order chi connectivity index (χ1) is 13.1. The first-order valence-electron chi connectivity index (χ1n) is 8.68. The number of aryl methyl sites for hydroxylation is 1. The number of anilines is 1. The number of fused-ring (bicyclic) bond motifs is 1. The zero-order valence-electron chi connectivity index (χ0n) is 14.8. The summed E-state index contributed by atoms with van der Waals surface area (Å²) in [5.74, 6) is 0.699. The Balaban J connectivity index is 1.47. The Kier molecular flexibility index (Phi) is 4.65. The average Bonchev–Trinajstić information content (AvgIpc) is 3.05. The highest BCUT2D eigenvalue weighted by Gasteiger charge is 2.10. The van der Waals surface area contributed by atoms with Crippen LogP contribution < -0.4 is 5.32 Å². The van der Waals surface area contributed by atoms with E-state index in [2.05, 4.69) is 40.4 Å². The van der Waals surface area contributed by atoms with E-state index in [0.29, 0.717) is 17.0 Å². The molecular weight excluding hydrogens is 358 g/mol. The molecule has 2 N–H and O–H groups in total. The zero-order chi connectivity index (χ0) is 18.8. The molecule has 0 saturated carbocycles. The lowest BCUT2D eigenvalue weighted by Gasteiger charge is -2.07. The minimum absolute atomic E-state index is 0.221. The number of amides is 1. The Bertz CT molecular complexity index is 1120. The van der Waals surface area contributed by atoms with Crippen molar-refractivity contribution in [3.05, 3.63) is 94.3 Å². The van der Waals surface area contributed by atoms with E-state index in [1.165, 1.54) is 5.56 Å². The van der Waals surface area contributed by atoms with Crippen LogP contribution in [0.15, 0.2) is 66.7 Å². The van der Waals surface area contributed by atoms with Gasteiger partial charge in [0.05, 0.1) is 21.6 Å². The van der Waals surface area contributed by atoms with Crippen LogP contribution in [0.3, 0.4) is 0 Å². The van der Waals surface area contributed by atoms with Crippen LogP contribution in [-0.2, 0) is 6.42 Å². The summed E-state index contributed by atoms with van der Waals surface area (Å²) in [6.07, 6.45) is 0.701. The molecule has 0 aliphatic carbocycles. The van der Waals surface area contributed by atoms with Gasteiger partial charge in [0, 0.05) is 12.1 Å². The molecule has 3 aromatic carbocycles. The standard InChI is InChI=1S/C22H18ClN3O/c1-14-6-11-19-20(12-14)26-21(25-19)13-15-7-9-16(10-8-15)24-22(27)17-4-2-3-5-18(17)23/h2-12H,13H2,1H3,(H,24,27)(H,25,26). The number of aromatic amines is 1. The number of halogens is 1. The molecule has 1 heterocycles. The number of carbonyl (C=O) groups is 1. The van der Waals surface area contributed by atoms with Crippen LogP contribution in [0.25, 0.3) is 11.0 Å². The van der Waals surface area contributed by atoms with Gasteiger partial charge in [-0.2, -0.15) is 0 Å². The first-order valence-corrected chi connectivity index (χ1v) is 9.06. The molecule has 0 aliphatic heterocycles. The van der Waals surface area contributed by atoms with Crippen molar-refractivity contribution in [2.24, 2.45) is 0 Å². The summed E-state index contributed by atoms with van der Waals surface area (Å²) in [6, 6.07) is 20.9. The number of aromatic nitrogens is 2. The molecule has 4 rings (SSSR count). The molecule has 1 amide bonds. The number of rotatable bonds is 4. The highest BCUT2D eigenvalue weighted by molar-refractivity contribution is 6.34. The molecule has 0 radical (unpaired) electrons. The number of carbonyl (C=O) groups excluding carboxylic acids is 1. The van der Waals surface area contributed by atoms with Gasteiger partial charge in [-0.05, 0) is 54.4 Å². The molecule has 1 aromatic heterocycles. The predicted octanol–water partition coefficient (Wildman–Crippen LogP) is 5.37. The minimum Gasteiger partial charge on any atom is -0.342 e. The topological polar surface area (TPSA) is 57.8 Å². The molecule has 0 atom stereocenters. The van der Waals surface area contributed by atoms with Gasteiger partial charge in [-0.15, -0.1) is 0 Å². The van der Waals surface area contributed by atoms with Gasteiger partial charge in [-0.25, -0.2) is 4.98 Å². The fourth-order valence-electron chi connectivity index (χ4n) is 3.00. The SMILES string of the molecule is Cc1ccc2[nH]c(Cc3ccc(NC(=O)c4ccccc4Cl)cc3)nc2c1. The maximum absolute atomic E-state index is 12.3. The number of nitrogens with zero attached hydrogens (tertiary/aromatic N) is 1. The highest BCUT2D eigenvalue weighted by atomic mass is 35.5. The summed E-state index contributed by atoms with van der Waals surface area (Å²) in [5, 5.41) is 3.31. The summed E-state index contributed by atoms with van der Waals surface area (Å²) < 4.78 is 0. The average molecular weight is 376 g/mol. The number of hydrogen-bond acceptors (Lipinski definition) is 2. The van der Waals surface area contributed by atoms with Crippen LogP contribution in [0.4, 0.5) is 5.69 Å². The fourth-order valence-corrected chi connectivity index (χ4v) is 3.22. The second-order valence-electron chi connectivity index (χ2n) is 6.51. The normalized spacial score (nSPS) is 10.9. The van der Waals surface area contributed by atoms with E-state index >= 15 is 0 Å². The van der Waals surface area contributed by atoms with Crippen LogP contribution in [0.2, 0.25) is 5.02 Å². The lowest BCUT2D eigenvalue weighted by Crippen LogP contribution is -2.12. The maximum Gasteiger partial charge on any atom is 0.257 e. The predicted molar refractivity (Wildman–Crippen MR) is 109 cm³/mol. The zero-order valence-corrected chi connectivity index (χ0v) is 15.5. The van der Waals surface area contributed by atoms with Crippen molar-refractivity contribution in [2.75, 3.05) is 5.32 Å². The Morgan fingerprint density at radius 2 is 1.85 bits per heavy atom. The smallest absolute Gasteiger partial charge is 0.257 e. The van der Waals surface area contributed by atoms with E-state index in [-0.39, 0.29) is 5.91 Å². The van der Waals surface area contributed by atoms with E-state index in [0.717, 1.165) is 28.1 Å². The van der Waals surface area contributed by atoms with Crippen LogP contribution >= 0.6 is 11.6 Å². The molecule has 5 heteroatoms. The summed E-state index contributed by atoms with van der Waals surface area (Å²) in [5.41, 5.74) is 5.51. The third-order valence-corrected chi connectivity index (χ3v) is 4.72. The van der Waals surface area contributed by atoms with Gasteiger partial charge in [-0.1, -0.05) is 41.9 Å². The second kappa shape index (κ2) is 7.25. The molecule has 0 fully saturated rings. The van der Waals surface area contributed by atoms with Crippen LogP contribution in [0, 0.1) is 6.92 Å². The van der Waals surface area contributed by atoms with E-state index in [4.69, 9.17) is 11.6 Å². The summed E-state index contributed by atoms with van der Waals surface area (Å²) in [4.78, 5) is 20.3. The number of nitrogens with one attached hydrogen (secondary N) is 2. The number of hydrogen-bond donors (Lipinski definition) is 2.